The number of alkyl halides is 3. The Hall–Kier alpha value is -3.23. The Morgan fingerprint density at radius 2 is 1.67 bits per heavy atom. The van der Waals surface area contributed by atoms with E-state index in [9.17, 15) is 13.2 Å². The quantitative estimate of drug-likeness (QED) is 0.651. The van der Waals surface area contributed by atoms with E-state index >= 15 is 0 Å². The fourth-order valence-corrected chi connectivity index (χ4v) is 2.39. The monoisotopic (exact) mass is 377 g/mol. The number of ether oxygens (including phenoxy) is 1. The topological polar surface area (TPSA) is 78.0 Å². The highest BCUT2D eigenvalue weighted by atomic mass is 19.4. The summed E-state index contributed by atoms with van der Waals surface area (Å²) in [5.74, 6) is 0.638. The minimum Gasteiger partial charge on any atom is -0.406 e. The molecule has 0 fully saturated rings. The minimum absolute atomic E-state index is 0.0834. The van der Waals surface area contributed by atoms with Gasteiger partial charge in [-0.05, 0) is 62.4 Å². The summed E-state index contributed by atoms with van der Waals surface area (Å²) in [6, 6.07) is 12.6. The molecule has 6 nitrogen and oxygen atoms in total. The Balaban J connectivity index is 1.96. The number of nitrogen functional groups attached to an aromatic ring is 1. The van der Waals surface area contributed by atoms with Crippen LogP contribution in [0.3, 0.4) is 0 Å². The van der Waals surface area contributed by atoms with Crippen LogP contribution in [0.4, 0.5) is 24.8 Å². The van der Waals surface area contributed by atoms with Crippen molar-refractivity contribution in [2.75, 3.05) is 11.1 Å². The summed E-state index contributed by atoms with van der Waals surface area (Å²) in [5.41, 5.74) is 7.64. The Morgan fingerprint density at radius 3 is 2.22 bits per heavy atom. The van der Waals surface area contributed by atoms with Crippen molar-refractivity contribution in [3.8, 4) is 22.8 Å². The molecule has 0 aliphatic carbocycles. The van der Waals surface area contributed by atoms with Crippen LogP contribution in [0.15, 0.2) is 48.5 Å². The summed E-state index contributed by atoms with van der Waals surface area (Å²) in [6.07, 6.45) is -4.73. The van der Waals surface area contributed by atoms with E-state index in [2.05, 4.69) is 20.1 Å². The molecule has 0 unspecified atom stereocenters. The maximum atomic E-state index is 12.3. The van der Waals surface area contributed by atoms with Crippen molar-refractivity contribution < 1.29 is 17.9 Å². The number of hydrogen-bond acceptors (Lipinski definition) is 5. The van der Waals surface area contributed by atoms with Crippen LogP contribution in [-0.2, 0) is 0 Å². The van der Waals surface area contributed by atoms with Gasteiger partial charge in [0, 0.05) is 17.3 Å². The average Bonchev–Trinajstić information content (AvgIpc) is 2.98. The fourth-order valence-electron chi connectivity index (χ4n) is 2.39. The predicted octanol–water partition coefficient (Wildman–Crippen LogP) is 4.24. The Morgan fingerprint density at radius 1 is 1.04 bits per heavy atom. The van der Waals surface area contributed by atoms with Gasteiger partial charge in [-0.25, -0.2) is 0 Å². The number of rotatable bonds is 5. The van der Waals surface area contributed by atoms with Gasteiger partial charge in [0.1, 0.15) is 5.75 Å². The third-order valence-corrected chi connectivity index (χ3v) is 3.51. The van der Waals surface area contributed by atoms with Crippen molar-refractivity contribution in [2.45, 2.75) is 26.3 Å². The molecule has 0 aliphatic rings. The van der Waals surface area contributed by atoms with E-state index in [1.807, 2.05) is 13.8 Å². The molecule has 1 heterocycles. The van der Waals surface area contributed by atoms with E-state index in [1.165, 1.54) is 28.9 Å². The molecular formula is C18H18F3N5O. The molecule has 3 N–H and O–H groups in total. The van der Waals surface area contributed by atoms with Gasteiger partial charge in [0.2, 0.25) is 5.95 Å². The minimum atomic E-state index is -4.73. The molecule has 0 saturated carbocycles. The van der Waals surface area contributed by atoms with E-state index in [0.717, 1.165) is 5.56 Å². The highest BCUT2D eigenvalue weighted by Crippen LogP contribution is 2.26. The molecule has 27 heavy (non-hydrogen) atoms. The number of anilines is 2. The second-order valence-corrected chi connectivity index (χ2v) is 6.13. The lowest BCUT2D eigenvalue weighted by atomic mass is 10.2. The first-order chi connectivity index (χ1) is 12.7. The SMILES string of the molecule is CC(C)Nc1nc(-c2ccc(N)cc2)nn1-c1ccc(OC(F)(F)F)cc1. The van der Waals surface area contributed by atoms with E-state index < -0.39 is 6.36 Å². The zero-order valence-corrected chi connectivity index (χ0v) is 14.7. The molecule has 2 aromatic carbocycles. The van der Waals surface area contributed by atoms with Crippen LogP contribution in [0.25, 0.3) is 17.1 Å². The highest BCUT2D eigenvalue weighted by Gasteiger charge is 2.31. The number of nitrogens with two attached hydrogens (primary N) is 1. The molecule has 3 aromatic rings. The number of hydrogen-bond donors (Lipinski definition) is 2. The third-order valence-electron chi connectivity index (χ3n) is 3.51. The summed E-state index contributed by atoms with van der Waals surface area (Å²) >= 11 is 0. The second-order valence-electron chi connectivity index (χ2n) is 6.13. The van der Waals surface area contributed by atoms with Crippen molar-refractivity contribution in [1.29, 1.82) is 0 Å². The van der Waals surface area contributed by atoms with E-state index in [-0.39, 0.29) is 11.8 Å². The predicted molar refractivity (Wildman–Crippen MR) is 96.6 cm³/mol. The normalized spacial score (nSPS) is 11.6. The third kappa shape index (κ3) is 4.69. The van der Waals surface area contributed by atoms with Crippen LogP contribution in [-0.4, -0.2) is 27.2 Å². The van der Waals surface area contributed by atoms with E-state index in [4.69, 9.17) is 5.73 Å². The Kier molecular flexibility index (Phi) is 4.93. The summed E-state index contributed by atoms with van der Waals surface area (Å²) in [4.78, 5) is 4.50. The molecule has 0 amide bonds. The van der Waals surface area contributed by atoms with Crippen LogP contribution in [0.1, 0.15) is 13.8 Å². The lowest BCUT2D eigenvalue weighted by molar-refractivity contribution is -0.274. The Labute approximate surface area is 153 Å². The first-order valence-corrected chi connectivity index (χ1v) is 8.17. The number of aromatic nitrogens is 3. The Bertz CT molecular complexity index is 902. The van der Waals surface area contributed by atoms with Gasteiger partial charge in [-0.15, -0.1) is 18.3 Å². The standard InChI is InChI=1S/C18H18F3N5O/c1-11(2)23-17-24-16(12-3-5-13(22)6-4-12)25-26(17)14-7-9-15(10-8-14)27-18(19,20)21/h3-11H,22H2,1-2H3,(H,23,24,25). The molecule has 0 saturated heterocycles. The summed E-state index contributed by atoms with van der Waals surface area (Å²) in [5, 5.41) is 7.66. The van der Waals surface area contributed by atoms with Crippen LogP contribution in [0.5, 0.6) is 5.75 Å². The molecule has 0 atom stereocenters. The molecule has 142 valence electrons. The molecule has 1 aromatic heterocycles. The first kappa shape index (κ1) is 18.6. The van der Waals surface area contributed by atoms with Crippen molar-refractivity contribution in [1.82, 2.24) is 14.8 Å². The number of halogens is 3. The lowest BCUT2D eigenvalue weighted by Gasteiger charge is -2.12. The number of nitrogens with one attached hydrogen (secondary N) is 1. The van der Waals surface area contributed by atoms with Crippen LogP contribution >= 0.6 is 0 Å². The molecule has 0 aliphatic heterocycles. The zero-order valence-electron chi connectivity index (χ0n) is 14.7. The largest absolute Gasteiger partial charge is 0.573 e. The fraction of sp³-hybridized carbons (Fsp3) is 0.222. The van der Waals surface area contributed by atoms with Gasteiger partial charge in [-0.2, -0.15) is 9.67 Å². The zero-order chi connectivity index (χ0) is 19.6. The first-order valence-electron chi connectivity index (χ1n) is 8.17. The maximum absolute atomic E-state index is 12.3. The van der Waals surface area contributed by atoms with Gasteiger partial charge < -0.3 is 15.8 Å². The molecular weight excluding hydrogens is 359 g/mol. The van der Waals surface area contributed by atoms with Gasteiger partial charge in [-0.1, -0.05) is 0 Å². The van der Waals surface area contributed by atoms with Gasteiger partial charge in [-0.3, -0.25) is 0 Å². The van der Waals surface area contributed by atoms with Crippen LogP contribution in [0.2, 0.25) is 0 Å². The van der Waals surface area contributed by atoms with Crippen molar-refractivity contribution in [3.63, 3.8) is 0 Å². The summed E-state index contributed by atoms with van der Waals surface area (Å²) in [7, 11) is 0. The van der Waals surface area contributed by atoms with E-state index in [1.54, 1.807) is 24.3 Å². The van der Waals surface area contributed by atoms with Gasteiger partial charge in [0.15, 0.2) is 5.82 Å². The average molecular weight is 377 g/mol. The lowest BCUT2D eigenvalue weighted by Crippen LogP contribution is -2.17. The second kappa shape index (κ2) is 7.18. The smallest absolute Gasteiger partial charge is 0.406 e. The van der Waals surface area contributed by atoms with Gasteiger partial charge in [0.25, 0.3) is 0 Å². The molecule has 0 bridgehead atoms. The molecule has 9 heteroatoms. The van der Waals surface area contributed by atoms with Gasteiger partial charge >= 0.3 is 6.36 Å². The highest BCUT2D eigenvalue weighted by molar-refractivity contribution is 5.60. The van der Waals surface area contributed by atoms with Crippen molar-refractivity contribution in [3.05, 3.63) is 48.5 Å². The number of nitrogens with zero attached hydrogens (tertiary/aromatic N) is 3. The molecule has 3 rings (SSSR count). The van der Waals surface area contributed by atoms with Crippen LogP contribution in [0, 0.1) is 0 Å². The van der Waals surface area contributed by atoms with Crippen molar-refractivity contribution in [2.24, 2.45) is 0 Å². The number of benzene rings is 2. The molecule has 0 radical (unpaired) electrons. The summed E-state index contributed by atoms with van der Waals surface area (Å²) in [6.45, 7) is 3.89. The van der Waals surface area contributed by atoms with E-state index in [0.29, 0.717) is 23.1 Å². The summed E-state index contributed by atoms with van der Waals surface area (Å²) < 4.78 is 42.4. The molecule has 0 spiro atoms. The van der Waals surface area contributed by atoms with Gasteiger partial charge in [0.05, 0.1) is 5.69 Å². The van der Waals surface area contributed by atoms with Crippen molar-refractivity contribution >= 4 is 11.6 Å². The van der Waals surface area contributed by atoms with Crippen LogP contribution < -0.4 is 15.8 Å². The maximum Gasteiger partial charge on any atom is 0.573 e.